The molecule has 1 aliphatic rings. The summed E-state index contributed by atoms with van der Waals surface area (Å²) in [5, 5.41) is -1.35. The fraction of sp³-hybridized carbons (Fsp3) is 0.438. The topological polar surface area (TPSA) is 26.3 Å². The van der Waals surface area contributed by atoms with Crippen LogP contribution in [0.3, 0.4) is 0 Å². The summed E-state index contributed by atoms with van der Waals surface area (Å²) in [6.07, 6.45) is -4.00. The summed E-state index contributed by atoms with van der Waals surface area (Å²) in [7, 11) is 0. The molecule has 0 radical (unpaired) electrons. The van der Waals surface area contributed by atoms with Gasteiger partial charge in [0.1, 0.15) is 29.1 Å². The largest absolute Gasteiger partial charge is 0.460 e. The first-order chi connectivity index (χ1) is 11.4. The number of carbonyl (C=O) groups excluding carboxylic acids is 1. The van der Waals surface area contributed by atoms with E-state index >= 15 is 0 Å². The van der Waals surface area contributed by atoms with Crippen LogP contribution in [0, 0.1) is 34.7 Å². The lowest BCUT2D eigenvalue weighted by atomic mass is 10.1. The highest BCUT2D eigenvalue weighted by Crippen LogP contribution is 2.60. The Hall–Kier alpha value is -1.70. The lowest BCUT2D eigenvalue weighted by Crippen LogP contribution is -2.12. The Bertz CT molecular complexity index is 703. The average molecular weight is 387 g/mol. The van der Waals surface area contributed by atoms with E-state index in [0.717, 1.165) is 6.08 Å². The molecule has 0 saturated heterocycles. The van der Waals surface area contributed by atoms with Crippen LogP contribution in [0.1, 0.15) is 19.4 Å². The van der Waals surface area contributed by atoms with Gasteiger partial charge in [-0.05, 0) is 11.3 Å². The van der Waals surface area contributed by atoms with Crippen molar-refractivity contribution in [2.75, 3.05) is 0 Å². The molecule has 1 fully saturated rings. The van der Waals surface area contributed by atoms with Gasteiger partial charge in [-0.2, -0.15) is 13.2 Å². The molecule has 0 bridgehead atoms. The molecule has 138 valence electrons. The molecule has 0 heterocycles. The first-order valence-corrected chi connectivity index (χ1v) is 7.48. The molecular weight excluding hydrogens is 374 g/mol. The SMILES string of the molecule is CC1(C)C(/C=C(\Cl)C(F)(F)F)C1C(=O)OCc1c(F)cc(F)cc1F. The fourth-order valence-electron chi connectivity index (χ4n) is 2.63. The third-order valence-electron chi connectivity index (χ3n) is 4.23. The normalized spacial score (nSPS) is 22.7. The van der Waals surface area contributed by atoms with Gasteiger partial charge < -0.3 is 4.74 Å². The van der Waals surface area contributed by atoms with Crippen LogP contribution in [0.15, 0.2) is 23.2 Å². The first kappa shape index (κ1) is 19.6. The van der Waals surface area contributed by atoms with Gasteiger partial charge in [0.25, 0.3) is 0 Å². The zero-order valence-corrected chi connectivity index (χ0v) is 13.8. The van der Waals surface area contributed by atoms with Crippen molar-refractivity contribution in [2.24, 2.45) is 17.3 Å². The van der Waals surface area contributed by atoms with E-state index in [9.17, 15) is 31.1 Å². The smallest absolute Gasteiger partial charge is 0.426 e. The molecule has 25 heavy (non-hydrogen) atoms. The molecule has 1 aliphatic carbocycles. The van der Waals surface area contributed by atoms with E-state index in [2.05, 4.69) is 0 Å². The number of ether oxygens (including phenoxy) is 1. The molecule has 1 saturated carbocycles. The van der Waals surface area contributed by atoms with E-state index in [1.807, 2.05) is 0 Å². The van der Waals surface area contributed by atoms with Gasteiger partial charge in [0.2, 0.25) is 0 Å². The van der Waals surface area contributed by atoms with Crippen LogP contribution >= 0.6 is 11.6 Å². The third-order valence-corrected chi connectivity index (χ3v) is 4.57. The molecule has 0 spiro atoms. The highest BCUT2D eigenvalue weighted by molar-refractivity contribution is 6.30. The number of carbonyl (C=O) groups is 1. The van der Waals surface area contributed by atoms with Crippen LogP contribution in [0.4, 0.5) is 26.3 Å². The Kier molecular flexibility index (Phi) is 5.14. The molecular formula is C16H13ClF6O2. The van der Waals surface area contributed by atoms with Crippen LogP contribution < -0.4 is 0 Å². The summed E-state index contributed by atoms with van der Waals surface area (Å²) in [6, 6.07) is 0.865. The van der Waals surface area contributed by atoms with Crippen LogP contribution in [0.5, 0.6) is 0 Å². The zero-order chi connectivity index (χ0) is 19.2. The van der Waals surface area contributed by atoms with Crippen molar-refractivity contribution in [3.05, 3.63) is 46.3 Å². The van der Waals surface area contributed by atoms with Crippen molar-refractivity contribution in [3.63, 3.8) is 0 Å². The number of alkyl halides is 3. The van der Waals surface area contributed by atoms with Crippen molar-refractivity contribution in [1.82, 2.24) is 0 Å². The van der Waals surface area contributed by atoms with Gasteiger partial charge in [-0.1, -0.05) is 31.5 Å². The Labute approximate surface area is 144 Å². The van der Waals surface area contributed by atoms with Gasteiger partial charge in [-0.15, -0.1) is 0 Å². The summed E-state index contributed by atoms with van der Waals surface area (Å²) in [5.74, 6) is -6.25. The number of halogens is 7. The summed E-state index contributed by atoms with van der Waals surface area (Å²) >= 11 is 5.17. The summed E-state index contributed by atoms with van der Waals surface area (Å²) in [6.45, 7) is 2.28. The van der Waals surface area contributed by atoms with E-state index in [1.54, 1.807) is 13.8 Å². The number of rotatable bonds is 4. The standard InChI is InChI=1S/C16H13ClF6O2/c1-15(2)9(5-12(17)16(21,22)23)13(15)14(24)25-6-8-10(19)3-7(18)4-11(8)20/h3-5,9,13H,6H2,1-2H3/b12-5-. The fourth-order valence-corrected chi connectivity index (χ4v) is 2.77. The van der Waals surface area contributed by atoms with Gasteiger partial charge in [0.15, 0.2) is 0 Å². The lowest BCUT2D eigenvalue weighted by Gasteiger charge is -2.08. The van der Waals surface area contributed by atoms with E-state index in [1.165, 1.54) is 0 Å². The molecule has 1 aromatic carbocycles. The highest BCUT2D eigenvalue weighted by atomic mass is 35.5. The Morgan fingerprint density at radius 2 is 1.76 bits per heavy atom. The predicted octanol–water partition coefficient (Wildman–Crippen LogP) is 5.10. The lowest BCUT2D eigenvalue weighted by molar-refractivity contribution is -0.147. The molecule has 2 atom stereocenters. The number of benzene rings is 1. The van der Waals surface area contributed by atoms with E-state index in [4.69, 9.17) is 16.3 Å². The maximum atomic E-state index is 13.5. The predicted molar refractivity (Wildman–Crippen MR) is 76.9 cm³/mol. The summed E-state index contributed by atoms with van der Waals surface area (Å²) < 4.78 is 82.0. The molecule has 2 rings (SSSR count). The van der Waals surface area contributed by atoms with Crippen molar-refractivity contribution in [1.29, 1.82) is 0 Å². The average Bonchev–Trinajstić information content (AvgIpc) is 2.97. The molecule has 2 nitrogen and oxygen atoms in total. The van der Waals surface area contributed by atoms with Crippen molar-refractivity contribution in [2.45, 2.75) is 26.6 Å². The molecule has 0 aliphatic heterocycles. The Balaban J connectivity index is 2.07. The van der Waals surface area contributed by atoms with Gasteiger partial charge >= 0.3 is 12.1 Å². The minimum absolute atomic E-state index is 0.432. The van der Waals surface area contributed by atoms with Crippen LogP contribution in [0.2, 0.25) is 0 Å². The van der Waals surface area contributed by atoms with Gasteiger partial charge in [-0.3, -0.25) is 4.79 Å². The number of esters is 1. The molecule has 9 heteroatoms. The van der Waals surface area contributed by atoms with Crippen molar-refractivity contribution < 1.29 is 35.9 Å². The Morgan fingerprint density at radius 3 is 2.24 bits per heavy atom. The van der Waals surface area contributed by atoms with E-state index in [0.29, 0.717) is 12.1 Å². The number of hydrogen-bond acceptors (Lipinski definition) is 2. The van der Waals surface area contributed by atoms with E-state index in [-0.39, 0.29) is 0 Å². The van der Waals surface area contributed by atoms with Crippen LogP contribution in [-0.4, -0.2) is 12.1 Å². The van der Waals surface area contributed by atoms with E-state index < -0.39 is 64.1 Å². The monoisotopic (exact) mass is 386 g/mol. The third kappa shape index (κ3) is 4.11. The second kappa shape index (κ2) is 6.55. The van der Waals surface area contributed by atoms with Crippen molar-refractivity contribution >= 4 is 17.6 Å². The van der Waals surface area contributed by atoms with Gasteiger partial charge in [0.05, 0.1) is 11.5 Å². The minimum atomic E-state index is -4.73. The second-order valence-electron chi connectivity index (χ2n) is 6.29. The minimum Gasteiger partial charge on any atom is -0.460 e. The second-order valence-corrected chi connectivity index (χ2v) is 6.70. The first-order valence-electron chi connectivity index (χ1n) is 7.10. The van der Waals surface area contributed by atoms with Crippen molar-refractivity contribution in [3.8, 4) is 0 Å². The summed E-state index contributed by atoms with van der Waals surface area (Å²) in [5.41, 5.74) is -1.49. The summed E-state index contributed by atoms with van der Waals surface area (Å²) in [4.78, 5) is 12.0. The highest BCUT2D eigenvalue weighted by Gasteiger charge is 2.62. The molecule has 1 aromatic rings. The molecule has 0 N–H and O–H groups in total. The van der Waals surface area contributed by atoms with Gasteiger partial charge in [-0.25, -0.2) is 13.2 Å². The molecule has 2 unspecified atom stereocenters. The van der Waals surface area contributed by atoms with Gasteiger partial charge in [0, 0.05) is 12.1 Å². The number of hydrogen-bond donors (Lipinski definition) is 0. The zero-order valence-electron chi connectivity index (χ0n) is 13.1. The Morgan fingerprint density at radius 1 is 1.24 bits per heavy atom. The number of allylic oxidation sites excluding steroid dienone is 2. The maximum absolute atomic E-state index is 13.5. The molecule has 0 aromatic heterocycles. The van der Waals surface area contributed by atoms with Crippen LogP contribution in [0.25, 0.3) is 0 Å². The molecule has 0 amide bonds. The van der Waals surface area contributed by atoms with Crippen LogP contribution in [-0.2, 0) is 16.1 Å². The quantitative estimate of drug-likeness (QED) is 0.531. The maximum Gasteiger partial charge on any atom is 0.426 e.